The predicted molar refractivity (Wildman–Crippen MR) is 128 cm³/mol. The van der Waals surface area contributed by atoms with Gasteiger partial charge >= 0.3 is 0 Å². The Kier molecular flexibility index (Phi) is 5.49. The number of hydrogen-bond donors (Lipinski definition) is 1. The molecule has 1 N–H and O–H groups in total. The number of methoxy groups -OCH3 is 1. The summed E-state index contributed by atoms with van der Waals surface area (Å²) in [6, 6.07) is 17.9. The number of aromatic nitrogens is 3. The fourth-order valence-electron chi connectivity index (χ4n) is 4.51. The van der Waals surface area contributed by atoms with Crippen LogP contribution in [-0.4, -0.2) is 46.0 Å². The monoisotopic (exact) mass is 448 g/mol. The van der Waals surface area contributed by atoms with Crippen LogP contribution in [0.15, 0.2) is 54.6 Å². The molecule has 7 heteroatoms. The maximum atomic E-state index is 9.90. The molecule has 2 aromatic carbocycles. The first-order chi connectivity index (χ1) is 15.6. The molecule has 4 aromatic rings. The minimum absolute atomic E-state index is 0.0802. The normalized spacial score (nSPS) is 16.1. The van der Waals surface area contributed by atoms with E-state index in [9.17, 15) is 5.11 Å². The fraction of sp³-hybridized carbons (Fsp3) is 0.280. The minimum atomic E-state index is 0.0802. The van der Waals surface area contributed by atoms with Crippen LogP contribution in [0.5, 0.6) is 5.75 Å². The Morgan fingerprint density at radius 2 is 1.81 bits per heavy atom. The summed E-state index contributed by atoms with van der Waals surface area (Å²) in [5, 5.41) is 15.5. The van der Waals surface area contributed by atoms with Crippen LogP contribution in [0.25, 0.3) is 28.0 Å². The third kappa shape index (κ3) is 3.59. The zero-order valence-corrected chi connectivity index (χ0v) is 18.9. The highest BCUT2D eigenvalue weighted by atomic mass is 35.5. The summed E-state index contributed by atoms with van der Waals surface area (Å²) in [5.41, 5.74) is 5.65. The standard InChI is InChI=1S/C25H25ClN4O2/c1-16-24(18-5-9-19(26)10-6-18)25-27-23(29-13-3-4-20(29)15-31)14-22(30(25)28-16)17-7-11-21(32-2)12-8-17/h5-12,14,20,31H,3-4,13,15H2,1-2H3/t20-/m0/s1. The zero-order chi connectivity index (χ0) is 22.2. The van der Waals surface area contributed by atoms with Crippen LogP contribution in [0, 0.1) is 6.92 Å². The number of hydrogen-bond acceptors (Lipinski definition) is 5. The Morgan fingerprint density at radius 3 is 2.50 bits per heavy atom. The van der Waals surface area contributed by atoms with Crippen molar-refractivity contribution in [2.45, 2.75) is 25.8 Å². The number of ether oxygens (including phenoxy) is 1. The molecule has 0 radical (unpaired) electrons. The van der Waals surface area contributed by atoms with Gasteiger partial charge in [0.05, 0.1) is 31.1 Å². The third-order valence-electron chi connectivity index (χ3n) is 6.15. The summed E-state index contributed by atoms with van der Waals surface area (Å²) in [5.74, 6) is 1.66. The predicted octanol–water partition coefficient (Wildman–Crippen LogP) is 4.99. The van der Waals surface area contributed by atoms with E-state index in [1.54, 1.807) is 7.11 Å². The lowest BCUT2D eigenvalue weighted by atomic mass is 10.1. The van der Waals surface area contributed by atoms with E-state index < -0.39 is 0 Å². The van der Waals surface area contributed by atoms with Crippen molar-refractivity contribution in [3.05, 3.63) is 65.3 Å². The van der Waals surface area contributed by atoms with Gasteiger partial charge in [0.1, 0.15) is 11.6 Å². The highest BCUT2D eigenvalue weighted by molar-refractivity contribution is 6.30. The maximum Gasteiger partial charge on any atom is 0.166 e. The van der Waals surface area contributed by atoms with Crippen molar-refractivity contribution in [1.82, 2.24) is 14.6 Å². The van der Waals surface area contributed by atoms with Crippen molar-refractivity contribution in [2.24, 2.45) is 0 Å². The second-order valence-corrected chi connectivity index (χ2v) is 8.54. The Labute approximate surface area is 192 Å². The van der Waals surface area contributed by atoms with Crippen LogP contribution in [0.3, 0.4) is 0 Å². The number of fused-ring (bicyclic) bond motifs is 1. The minimum Gasteiger partial charge on any atom is -0.497 e. The molecule has 0 aliphatic carbocycles. The Balaban J connectivity index is 1.75. The number of aliphatic hydroxyl groups is 1. The highest BCUT2D eigenvalue weighted by Gasteiger charge is 2.27. The van der Waals surface area contributed by atoms with Gasteiger partial charge in [0.2, 0.25) is 0 Å². The number of anilines is 1. The Morgan fingerprint density at radius 1 is 1.09 bits per heavy atom. The zero-order valence-electron chi connectivity index (χ0n) is 18.1. The van der Waals surface area contributed by atoms with Crippen LogP contribution in [0.4, 0.5) is 5.82 Å². The molecule has 0 spiro atoms. The second kappa shape index (κ2) is 8.45. The van der Waals surface area contributed by atoms with Crippen molar-refractivity contribution in [3.8, 4) is 28.1 Å². The fourth-order valence-corrected chi connectivity index (χ4v) is 4.63. The van der Waals surface area contributed by atoms with E-state index in [-0.39, 0.29) is 12.6 Å². The third-order valence-corrected chi connectivity index (χ3v) is 6.40. The number of nitrogens with zero attached hydrogens (tertiary/aromatic N) is 4. The van der Waals surface area contributed by atoms with Crippen LogP contribution in [0.2, 0.25) is 5.02 Å². The lowest BCUT2D eigenvalue weighted by Gasteiger charge is -2.25. The molecule has 6 nitrogen and oxygen atoms in total. The van der Waals surface area contributed by atoms with Crippen LogP contribution < -0.4 is 9.64 Å². The Bertz CT molecular complexity index is 1250. The summed E-state index contributed by atoms with van der Waals surface area (Å²) >= 11 is 6.13. The molecule has 1 aliphatic rings. The summed E-state index contributed by atoms with van der Waals surface area (Å²) in [7, 11) is 1.66. The molecule has 2 aromatic heterocycles. The first-order valence-electron chi connectivity index (χ1n) is 10.8. The average molecular weight is 449 g/mol. The van der Waals surface area contributed by atoms with E-state index in [2.05, 4.69) is 11.0 Å². The van der Waals surface area contributed by atoms with Crippen LogP contribution in [0.1, 0.15) is 18.5 Å². The van der Waals surface area contributed by atoms with E-state index in [1.165, 1.54) is 0 Å². The van der Waals surface area contributed by atoms with Crippen LogP contribution >= 0.6 is 11.6 Å². The number of aryl methyl sites for hydroxylation is 1. The quantitative estimate of drug-likeness (QED) is 0.465. The number of benzene rings is 2. The van der Waals surface area contributed by atoms with Gasteiger partial charge in [-0.05, 0) is 61.7 Å². The summed E-state index contributed by atoms with van der Waals surface area (Å²) in [4.78, 5) is 7.26. The van der Waals surface area contributed by atoms with E-state index in [4.69, 9.17) is 26.4 Å². The van der Waals surface area contributed by atoms with E-state index >= 15 is 0 Å². The largest absolute Gasteiger partial charge is 0.497 e. The van der Waals surface area contributed by atoms with E-state index in [0.717, 1.165) is 64.7 Å². The molecule has 1 fully saturated rings. The molecule has 164 valence electrons. The molecule has 0 saturated carbocycles. The van der Waals surface area contributed by atoms with E-state index in [1.807, 2.05) is 60.0 Å². The summed E-state index contributed by atoms with van der Waals surface area (Å²) in [6.07, 6.45) is 2.00. The first-order valence-corrected chi connectivity index (χ1v) is 11.1. The summed E-state index contributed by atoms with van der Waals surface area (Å²) < 4.78 is 7.25. The molecule has 0 bridgehead atoms. The lowest BCUT2D eigenvalue weighted by Crippen LogP contribution is -2.32. The van der Waals surface area contributed by atoms with E-state index in [0.29, 0.717) is 5.02 Å². The molecule has 1 saturated heterocycles. The van der Waals surface area contributed by atoms with Crippen molar-refractivity contribution >= 4 is 23.1 Å². The maximum absolute atomic E-state index is 9.90. The molecular formula is C25H25ClN4O2. The molecule has 1 aliphatic heterocycles. The van der Waals surface area contributed by atoms with Gasteiger partial charge in [-0.3, -0.25) is 0 Å². The van der Waals surface area contributed by atoms with Gasteiger partial charge in [-0.2, -0.15) is 5.10 Å². The lowest BCUT2D eigenvalue weighted by molar-refractivity contribution is 0.266. The van der Waals surface area contributed by atoms with Gasteiger partial charge in [-0.25, -0.2) is 9.50 Å². The SMILES string of the molecule is COc1ccc(-c2cc(N3CCC[C@H]3CO)nc3c(-c4ccc(Cl)cc4)c(C)nn23)cc1. The van der Waals surface area contributed by atoms with Gasteiger partial charge in [-0.15, -0.1) is 0 Å². The van der Waals surface area contributed by atoms with Gasteiger partial charge in [-0.1, -0.05) is 23.7 Å². The average Bonchev–Trinajstić information content (AvgIpc) is 3.43. The number of aliphatic hydroxyl groups excluding tert-OH is 1. The van der Waals surface area contributed by atoms with Crippen molar-refractivity contribution < 1.29 is 9.84 Å². The molecular weight excluding hydrogens is 424 g/mol. The molecule has 32 heavy (non-hydrogen) atoms. The van der Waals surface area contributed by atoms with Crippen LogP contribution in [-0.2, 0) is 0 Å². The molecule has 5 rings (SSSR count). The number of halogens is 1. The van der Waals surface area contributed by atoms with Crippen molar-refractivity contribution in [1.29, 1.82) is 0 Å². The van der Waals surface area contributed by atoms with Gasteiger partial charge in [0.25, 0.3) is 0 Å². The highest BCUT2D eigenvalue weighted by Crippen LogP contribution is 2.35. The van der Waals surface area contributed by atoms with Gasteiger partial charge in [0, 0.05) is 28.8 Å². The molecule has 1 atom stereocenters. The van der Waals surface area contributed by atoms with Gasteiger partial charge < -0.3 is 14.7 Å². The first kappa shape index (κ1) is 20.8. The van der Waals surface area contributed by atoms with Crippen molar-refractivity contribution in [3.63, 3.8) is 0 Å². The second-order valence-electron chi connectivity index (χ2n) is 8.10. The molecule has 3 heterocycles. The molecule has 0 amide bonds. The smallest absolute Gasteiger partial charge is 0.166 e. The van der Waals surface area contributed by atoms with Crippen molar-refractivity contribution in [2.75, 3.05) is 25.2 Å². The topological polar surface area (TPSA) is 62.9 Å². The van der Waals surface area contributed by atoms with Gasteiger partial charge in [0.15, 0.2) is 5.65 Å². The number of rotatable bonds is 5. The molecule has 0 unspecified atom stereocenters. The summed E-state index contributed by atoms with van der Waals surface area (Å²) in [6.45, 7) is 3.00. The Hall–Kier alpha value is -3.09.